The minimum Gasteiger partial charge on any atom is -0.335 e. The molecule has 2 aromatic heterocycles. The molecule has 26 heavy (non-hydrogen) atoms. The number of aromatic nitrogens is 5. The molecule has 1 aliphatic heterocycles. The minimum absolute atomic E-state index is 0.00850. The van der Waals surface area contributed by atoms with Gasteiger partial charge in [-0.25, -0.2) is 14.1 Å². The molecule has 1 saturated heterocycles. The van der Waals surface area contributed by atoms with E-state index in [1.807, 2.05) is 10.8 Å². The van der Waals surface area contributed by atoms with Gasteiger partial charge in [-0.05, 0) is 25.0 Å². The highest BCUT2D eigenvalue weighted by atomic mass is 35.5. The Morgan fingerprint density at radius 1 is 1.38 bits per heavy atom. The highest BCUT2D eigenvalue weighted by Crippen LogP contribution is 2.23. The molecule has 3 aromatic rings. The van der Waals surface area contributed by atoms with Crippen molar-refractivity contribution >= 4 is 17.5 Å². The van der Waals surface area contributed by atoms with Gasteiger partial charge in [0, 0.05) is 25.5 Å². The number of likely N-dealkylation sites (tertiary alicyclic amines) is 1. The molecule has 7 nitrogen and oxygen atoms in total. The lowest BCUT2D eigenvalue weighted by molar-refractivity contribution is 0.0718. The van der Waals surface area contributed by atoms with E-state index >= 15 is 0 Å². The van der Waals surface area contributed by atoms with Crippen molar-refractivity contribution in [3.8, 4) is 5.69 Å². The molecule has 1 aromatic carbocycles. The first-order valence-corrected chi connectivity index (χ1v) is 8.65. The van der Waals surface area contributed by atoms with Gasteiger partial charge >= 0.3 is 0 Å². The minimum atomic E-state index is -0.600. The van der Waals surface area contributed by atoms with Crippen molar-refractivity contribution in [1.29, 1.82) is 0 Å². The number of rotatable bonds is 4. The maximum atomic E-state index is 14.1. The van der Waals surface area contributed by atoms with Gasteiger partial charge in [0.15, 0.2) is 11.5 Å². The molecule has 1 atom stereocenters. The van der Waals surface area contributed by atoms with Crippen molar-refractivity contribution < 1.29 is 9.18 Å². The van der Waals surface area contributed by atoms with Gasteiger partial charge in [0.05, 0.1) is 23.6 Å². The number of carbonyl (C=O) groups is 1. The summed E-state index contributed by atoms with van der Waals surface area (Å²) in [4.78, 5) is 18.7. The zero-order valence-electron chi connectivity index (χ0n) is 13.8. The molecule has 1 amide bonds. The van der Waals surface area contributed by atoms with Crippen LogP contribution in [0.3, 0.4) is 0 Å². The van der Waals surface area contributed by atoms with Crippen LogP contribution in [0, 0.1) is 5.82 Å². The molecule has 4 rings (SSSR count). The molecular formula is C17H16ClFN6O. The average Bonchev–Trinajstić information content (AvgIpc) is 3.38. The quantitative estimate of drug-likeness (QED) is 0.703. The summed E-state index contributed by atoms with van der Waals surface area (Å²) in [7, 11) is 0. The molecule has 0 saturated carbocycles. The predicted molar refractivity (Wildman–Crippen MR) is 92.6 cm³/mol. The molecule has 134 valence electrons. The summed E-state index contributed by atoms with van der Waals surface area (Å²) in [6, 6.07) is 4.67. The number of halogens is 2. The maximum absolute atomic E-state index is 14.1. The van der Waals surface area contributed by atoms with Crippen molar-refractivity contribution in [3.05, 3.63) is 59.7 Å². The van der Waals surface area contributed by atoms with E-state index in [0.29, 0.717) is 13.1 Å². The average molecular weight is 375 g/mol. The lowest BCUT2D eigenvalue weighted by atomic mass is 10.2. The maximum Gasteiger partial charge on any atom is 0.276 e. The SMILES string of the molecule is O=C(c1cn(-c2cccc(Cl)c2F)nn1)N1CCCC1Cn1ccnc1. The highest BCUT2D eigenvalue weighted by Gasteiger charge is 2.31. The second-order valence-corrected chi connectivity index (χ2v) is 6.58. The molecular weight excluding hydrogens is 359 g/mol. The van der Waals surface area contributed by atoms with Crippen LogP contribution < -0.4 is 0 Å². The first-order chi connectivity index (χ1) is 12.6. The summed E-state index contributed by atoms with van der Waals surface area (Å²) in [6.07, 6.45) is 8.61. The van der Waals surface area contributed by atoms with Crippen molar-refractivity contribution in [2.24, 2.45) is 0 Å². The van der Waals surface area contributed by atoms with Gasteiger partial charge in [0.25, 0.3) is 5.91 Å². The van der Waals surface area contributed by atoms with Gasteiger partial charge in [0.2, 0.25) is 0 Å². The number of benzene rings is 1. The number of hydrogen-bond donors (Lipinski definition) is 0. The van der Waals surface area contributed by atoms with Crippen LogP contribution in [0.15, 0.2) is 43.1 Å². The first-order valence-electron chi connectivity index (χ1n) is 8.27. The Kier molecular flexibility index (Phi) is 4.42. The van der Waals surface area contributed by atoms with E-state index in [2.05, 4.69) is 15.3 Å². The van der Waals surface area contributed by atoms with Gasteiger partial charge < -0.3 is 9.47 Å². The monoisotopic (exact) mass is 374 g/mol. The molecule has 0 N–H and O–H groups in total. The Labute approximate surface area is 154 Å². The van der Waals surface area contributed by atoms with E-state index in [0.717, 1.165) is 12.8 Å². The summed E-state index contributed by atoms with van der Waals surface area (Å²) in [5, 5.41) is 7.81. The van der Waals surface area contributed by atoms with Gasteiger partial charge in [-0.15, -0.1) is 5.10 Å². The zero-order chi connectivity index (χ0) is 18.1. The van der Waals surface area contributed by atoms with Crippen molar-refractivity contribution in [2.75, 3.05) is 6.54 Å². The predicted octanol–water partition coefficient (Wildman–Crippen LogP) is 2.56. The largest absolute Gasteiger partial charge is 0.335 e. The summed E-state index contributed by atoms with van der Waals surface area (Å²) in [5.74, 6) is -0.807. The van der Waals surface area contributed by atoms with Crippen LogP contribution in [0.4, 0.5) is 4.39 Å². The molecule has 0 aliphatic carbocycles. The third-order valence-electron chi connectivity index (χ3n) is 4.51. The standard InChI is InChI=1S/C17H16ClFN6O/c18-13-4-1-5-15(16(13)19)25-10-14(21-22-25)17(26)24-7-2-3-12(24)9-23-8-6-20-11-23/h1,4-6,8,10-12H,2-3,7,9H2. The summed E-state index contributed by atoms with van der Waals surface area (Å²) in [6.45, 7) is 1.35. The second kappa shape index (κ2) is 6.87. The van der Waals surface area contributed by atoms with E-state index in [-0.39, 0.29) is 28.4 Å². The van der Waals surface area contributed by atoms with Gasteiger partial charge in [-0.3, -0.25) is 4.79 Å². The topological polar surface area (TPSA) is 68.8 Å². The van der Waals surface area contributed by atoms with Gasteiger partial charge in [0.1, 0.15) is 5.69 Å². The fourth-order valence-electron chi connectivity index (χ4n) is 3.23. The molecule has 3 heterocycles. The Morgan fingerprint density at radius 2 is 2.27 bits per heavy atom. The number of nitrogens with zero attached hydrogens (tertiary/aromatic N) is 6. The van der Waals surface area contributed by atoms with Crippen molar-refractivity contribution in [1.82, 2.24) is 29.4 Å². The van der Waals surface area contributed by atoms with Crippen LogP contribution in [0.2, 0.25) is 5.02 Å². The number of imidazole rings is 1. The first kappa shape index (κ1) is 16.7. The van der Waals surface area contributed by atoms with Crippen molar-refractivity contribution in [3.63, 3.8) is 0 Å². The number of amides is 1. The molecule has 1 aliphatic rings. The Balaban J connectivity index is 1.55. The van der Waals surface area contributed by atoms with E-state index in [1.165, 1.54) is 23.0 Å². The Bertz CT molecular complexity index is 925. The van der Waals surface area contributed by atoms with Gasteiger partial charge in [-0.2, -0.15) is 0 Å². The lowest BCUT2D eigenvalue weighted by Crippen LogP contribution is -2.38. The molecule has 0 bridgehead atoms. The fourth-order valence-corrected chi connectivity index (χ4v) is 3.40. The Hall–Kier alpha value is -2.74. The van der Waals surface area contributed by atoms with Crippen LogP contribution in [0.5, 0.6) is 0 Å². The molecule has 0 radical (unpaired) electrons. The van der Waals surface area contributed by atoms with E-state index in [9.17, 15) is 9.18 Å². The van der Waals surface area contributed by atoms with E-state index in [4.69, 9.17) is 11.6 Å². The Morgan fingerprint density at radius 3 is 3.08 bits per heavy atom. The van der Waals surface area contributed by atoms with E-state index in [1.54, 1.807) is 23.5 Å². The van der Waals surface area contributed by atoms with E-state index < -0.39 is 5.82 Å². The molecule has 1 unspecified atom stereocenters. The van der Waals surface area contributed by atoms with Crippen molar-refractivity contribution in [2.45, 2.75) is 25.4 Å². The summed E-state index contributed by atoms with van der Waals surface area (Å²) >= 11 is 5.80. The second-order valence-electron chi connectivity index (χ2n) is 6.18. The molecule has 0 spiro atoms. The number of hydrogen-bond acceptors (Lipinski definition) is 4. The van der Waals surface area contributed by atoms with Crippen LogP contribution in [0.1, 0.15) is 23.3 Å². The highest BCUT2D eigenvalue weighted by molar-refractivity contribution is 6.30. The van der Waals surface area contributed by atoms with Crippen LogP contribution in [-0.4, -0.2) is 47.9 Å². The van der Waals surface area contributed by atoms with Crippen LogP contribution in [0.25, 0.3) is 5.69 Å². The van der Waals surface area contributed by atoms with Crippen LogP contribution >= 0.6 is 11.6 Å². The molecule has 9 heteroatoms. The third-order valence-corrected chi connectivity index (χ3v) is 4.80. The normalized spacial score (nSPS) is 17.0. The summed E-state index contributed by atoms with van der Waals surface area (Å²) < 4.78 is 17.3. The van der Waals surface area contributed by atoms with Gasteiger partial charge in [-0.1, -0.05) is 22.9 Å². The third kappa shape index (κ3) is 3.08. The fraction of sp³-hybridized carbons (Fsp3) is 0.294. The summed E-state index contributed by atoms with van der Waals surface area (Å²) in [5.41, 5.74) is 0.336. The lowest BCUT2D eigenvalue weighted by Gasteiger charge is -2.24. The smallest absolute Gasteiger partial charge is 0.276 e. The zero-order valence-corrected chi connectivity index (χ0v) is 14.6. The number of carbonyl (C=O) groups excluding carboxylic acids is 1. The molecule has 1 fully saturated rings. The van der Waals surface area contributed by atoms with Crippen LogP contribution in [-0.2, 0) is 6.54 Å².